The van der Waals surface area contributed by atoms with E-state index in [9.17, 15) is 9.59 Å². The zero-order valence-corrected chi connectivity index (χ0v) is 17.7. The van der Waals surface area contributed by atoms with Gasteiger partial charge in [0.15, 0.2) is 0 Å². The summed E-state index contributed by atoms with van der Waals surface area (Å²) in [6, 6.07) is 10.7. The second-order valence-corrected chi connectivity index (χ2v) is 7.98. The predicted octanol–water partition coefficient (Wildman–Crippen LogP) is 3.80. The quantitative estimate of drug-likeness (QED) is 0.562. The molecule has 3 heterocycles. The van der Waals surface area contributed by atoms with E-state index in [2.05, 4.69) is 4.98 Å². The number of ether oxygens (including phenoxy) is 2. The molecular weight excluding hydrogens is 396 g/mol. The minimum absolute atomic E-state index is 0.0151. The van der Waals surface area contributed by atoms with Gasteiger partial charge in [0.25, 0.3) is 5.91 Å². The number of piperidine rings is 1. The maximum atomic E-state index is 13.0. The Morgan fingerprint density at radius 2 is 2.03 bits per heavy atom. The minimum atomic E-state index is -0.630. The van der Waals surface area contributed by atoms with Crippen LogP contribution in [0.3, 0.4) is 0 Å². The fourth-order valence-corrected chi connectivity index (χ4v) is 3.68. The van der Waals surface area contributed by atoms with Crippen molar-refractivity contribution in [2.75, 3.05) is 13.1 Å². The van der Waals surface area contributed by atoms with Gasteiger partial charge in [-0.05, 0) is 56.5 Å². The number of pyridine rings is 1. The summed E-state index contributed by atoms with van der Waals surface area (Å²) in [5.41, 5.74) is 0.854. The number of nitrogens with zero attached hydrogens (tertiary/aromatic N) is 2. The summed E-state index contributed by atoms with van der Waals surface area (Å²) in [5, 5.41) is 0.689. The molecule has 1 aliphatic rings. The third-order valence-corrected chi connectivity index (χ3v) is 5.25. The van der Waals surface area contributed by atoms with Crippen LogP contribution in [0.4, 0.5) is 0 Å². The Kier molecular flexibility index (Phi) is 6.32. The van der Waals surface area contributed by atoms with Crippen LogP contribution in [0.2, 0.25) is 0 Å². The van der Waals surface area contributed by atoms with Gasteiger partial charge in [-0.15, -0.1) is 0 Å². The Morgan fingerprint density at radius 3 is 2.74 bits per heavy atom. The molecule has 162 valence electrons. The highest BCUT2D eigenvalue weighted by molar-refractivity contribution is 5.96. The summed E-state index contributed by atoms with van der Waals surface area (Å²) in [5.74, 6) is 0.321. The molecule has 1 aliphatic heterocycles. The lowest BCUT2D eigenvalue weighted by Gasteiger charge is -2.31. The molecule has 4 rings (SSSR count). The Morgan fingerprint density at radius 1 is 1.23 bits per heavy atom. The Balaban J connectivity index is 1.40. The fraction of sp³-hybridized carbons (Fsp3) is 0.375. The maximum Gasteiger partial charge on any atom is 0.349 e. The van der Waals surface area contributed by atoms with Gasteiger partial charge in [0.05, 0.1) is 18.8 Å². The van der Waals surface area contributed by atoms with Gasteiger partial charge in [-0.25, -0.2) is 4.79 Å². The van der Waals surface area contributed by atoms with E-state index < -0.39 is 5.63 Å². The highest BCUT2D eigenvalue weighted by Gasteiger charge is 2.26. The van der Waals surface area contributed by atoms with E-state index in [1.807, 2.05) is 32.0 Å². The van der Waals surface area contributed by atoms with Gasteiger partial charge < -0.3 is 18.8 Å². The molecule has 0 atom stereocenters. The van der Waals surface area contributed by atoms with Crippen molar-refractivity contribution in [3.8, 4) is 5.75 Å². The molecule has 1 saturated heterocycles. The monoisotopic (exact) mass is 422 g/mol. The molecule has 3 aromatic rings. The first-order valence-electron chi connectivity index (χ1n) is 10.5. The van der Waals surface area contributed by atoms with Crippen LogP contribution in [0.1, 0.15) is 42.6 Å². The first kappa shape index (κ1) is 21.1. The normalized spacial score (nSPS) is 14.9. The van der Waals surface area contributed by atoms with E-state index >= 15 is 0 Å². The van der Waals surface area contributed by atoms with Gasteiger partial charge in [-0.3, -0.25) is 9.78 Å². The van der Waals surface area contributed by atoms with E-state index in [1.165, 1.54) is 0 Å². The van der Waals surface area contributed by atoms with Crippen molar-refractivity contribution >= 4 is 16.9 Å². The second kappa shape index (κ2) is 9.31. The van der Waals surface area contributed by atoms with Crippen molar-refractivity contribution in [2.45, 2.75) is 45.5 Å². The number of hydrogen-bond acceptors (Lipinski definition) is 6. The zero-order chi connectivity index (χ0) is 21.8. The zero-order valence-electron chi connectivity index (χ0n) is 17.7. The van der Waals surface area contributed by atoms with Gasteiger partial charge in [0, 0.05) is 36.9 Å². The molecule has 1 amide bonds. The number of rotatable bonds is 6. The number of hydrogen-bond donors (Lipinski definition) is 0. The van der Waals surface area contributed by atoms with Crippen molar-refractivity contribution < 1.29 is 18.7 Å². The molecule has 0 spiro atoms. The van der Waals surface area contributed by atoms with Crippen molar-refractivity contribution in [1.82, 2.24) is 9.88 Å². The predicted molar refractivity (Wildman–Crippen MR) is 116 cm³/mol. The number of fused-ring (bicyclic) bond motifs is 1. The molecule has 31 heavy (non-hydrogen) atoms. The second-order valence-electron chi connectivity index (χ2n) is 7.98. The first-order chi connectivity index (χ1) is 15.0. The molecule has 0 radical (unpaired) electrons. The summed E-state index contributed by atoms with van der Waals surface area (Å²) in [6.45, 7) is 5.43. The van der Waals surface area contributed by atoms with E-state index in [0.29, 0.717) is 36.4 Å². The lowest BCUT2D eigenvalue weighted by molar-refractivity contribution is -0.000545. The number of carbonyl (C=O) groups is 1. The summed E-state index contributed by atoms with van der Waals surface area (Å²) in [6.07, 6.45) is 5.06. The van der Waals surface area contributed by atoms with Crippen LogP contribution in [0.15, 0.2) is 58.0 Å². The minimum Gasteiger partial charge on any atom is -0.491 e. The third kappa shape index (κ3) is 5.11. The lowest BCUT2D eigenvalue weighted by Crippen LogP contribution is -2.42. The van der Waals surface area contributed by atoms with Crippen LogP contribution >= 0.6 is 0 Å². The average Bonchev–Trinajstić information content (AvgIpc) is 2.77. The highest BCUT2D eigenvalue weighted by Crippen LogP contribution is 2.23. The largest absolute Gasteiger partial charge is 0.491 e. The highest BCUT2D eigenvalue weighted by atomic mass is 16.5. The van der Waals surface area contributed by atoms with E-state index in [4.69, 9.17) is 13.9 Å². The molecule has 7 nitrogen and oxygen atoms in total. The van der Waals surface area contributed by atoms with Gasteiger partial charge in [-0.1, -0.05) is 6.07 Å². The van der Waals surface area contributed by atoms with Crippen LogP contribution in [0.5, 0.6) is 5.75 Å². The summed E-state index contributed by atoms with van der Waals surface area (Å²) >= 11 is 0. The molecule has 1 fully saturated rings. The molecular formula is C24H26N2O5. The van der Waals surface area contributed by atoms with Gasteiger partial charge in [0.1, 0.15) is 16.9 Å². The maximum absolute atomic E-state index is 13.0. The van der Waals surface area contributed by atoms with Crippen molar-refractivity contribution in [2.24, 2.45) is 0 Å². The Labute approximate surface area is 180 Å². The number of carbonyl (C=O) groups excluding carboxylic acids is 1. The van der Waals surface area contributed by atoms with Crippen molar-refractivity contribution in [1.29, 1.82) is 0 Å². The van der Waals surface area contributed by atoms with Crippen molar-refractivity contribution in [3.63, 3.8) is 0 Å². The fourth-order valence-electron chi connectivity index (χ4n) is 3.68. The Hall–Kier alpha value is -3.19. The summed E-state index contributed by atoms with van der Waals surface area (Å²) < 4.78 is 17.0. The topological polar surface area (TPSA) is 81.9 Å². The van der Waals surface area contributed by atoms with Crippen LogP contribution in [0, 0.1) is 0 Å². The lowest BCUT2D eigenvalue weighted by atomic mass is 10.1. The van der Waals surface area contributed by atoms with Crippen LogP contribution < -0.4 is 10.4 Å². The number of likely N-dealkylation sites (tertiary alicyclic amines) is 1. The molecule has 0 unspecified atom stereocenters. The van der Waals surface area contributed by atoms with Crippen LogP contribution in [0.25, 0.3) is 11.0 Å². The molecule has 1 aromatic carbocycles. The molecule has 0 saturated carbocycles. The van der Waals surface area contributed by atoms with E-state index in [0.717, 1.165) is 18.4 Å². The van der Waals surface area contributed by atoms with Crippen LogP contribution in [-0.4, -0.2) is 41.1 Å². The average molecular weight is 422 g/mol. The first-order valence-corrected chi connectivity index (χ1v) is 10.5. The number of benzene rings is 1. The molecule has 2 aromatic heterocycles. The molecule has 0 N–H and O–H groups in total. The van der Waals surface area contributed by atoms with Gasteiger partial charge >= 0.3 is 5.63 Å². The van der Waals surface area contributed by atoms with Crippen molar-refractivity contribution in [3.05, 3.63) is 70.3 Å². The van der Waals surface area contributed by atoms with Gasteiger partial charge in [0.2, 0.25) is 0 Å². The SMILES string of the molecule is CC(C)Oc1ccc2cc(C(=O)N3CCC(OCc4cccnc4)CC3)c(=O)oc2c1. The van der Waals surface area contributed by atoms with Gasteiger partial charge in [-0.2, -0.15) is 0 Å². The molecule has 0 aliphatic carbocycles. The van der Waals surface area contributed by atoms with E-state index in [1.54, 1.807) is 35.5 Å². The standard InChI is InChI=1S/C24H26N2O5/c1-16(2)30-20-6-5-18-12-21(24(28)31-22(18)13-20)23(27)26-10-7-19(8-11-26)29-15-17-4-3-9-25-14-17/h3-6,9,12-14,16,19H,7-8,10-11,15H2,1-2H3. The van der Waals surface area contributed by atoms with Crippen LogP contribution in [-0.2, 0) is 11.3 Å². The summed E-state index contributed by atoms with van der Waals surface area (Å²) in [7, 11) is 0. The number of aromatic nitrogens is 1. The Bertz CT molecular complexity index is 1100. The molecule has 0 bridgehead atoms. The smallest absolute Gasteiger partial charge is 0.349 e. The number of amides is 1. The summed E-state index contributed by atoms with van der Waals surface area (Å²) in [4.78, 5) is 31.2. The third-order valence-electron chi connectivity index (χ3n) is 5.25. The molecule has 7 heteroatoms. The van der Waals surface area contributed by atoms with E-state index in [-0.39, 0.29) is 23.7 Å².